The molecule has 9 nitrogen and oxygen atoms in total. The van der Waals surface area contributed by atoms with Crippen LogP contribution in [-0.4, -0.2) is 75.7 Å². The molecule has 5 rings (SSSR count). The fourth-order valence-electron chi connectivity index (χ4n) is 9.58. The second kappa shape index (κ2) is 16.0. The van der Waals surface area contributed by atoms with Crippen LogP contribution in [0.5, 0.6) is 0 Å². The summed E-state index contributed by atoms with van der Waals surface area (Å²) in [5.41, 5.74) is -1.16. The molecule has 0 spiro atoms. The van der Waals surface area contributed by atoms with Crippen LogP contribution in [0.15, 0.2) is 0 Å². The molecule has 54 heavy (non-hydrogen) atoms. The molecule has 0 radical (unpaired) electrons. The van der Waals surface area contributed by atoms with E-state index in [-0.39, 0.29) is 117 Å². The monoisotopic (exact) mass is 758 g/mol. The van der Waals surface area contributed by atoms with Gasteiger partial charge in [0.1, 0.15) is 5.78 Å². The highest BCUT2D eigenvalue weighted by atomic mass is 19.3. The van der Waals surface area contributed by atoms with Crippen LogP contribution in [0.25, 0.3) is 0 Å². The van der Waals surface area contributed by atoms with Gasteiger partial charge in [0, 0.05) is 76.3 Å². The Morgan fingerprint density at radius 3 is 2.07 bits per heavy atom. The van der Waals surface area contributed by atoms with Crippen molar-refractivity contribution in [3.8, 4) is 0 Å². The van der Waals surface area contributed by atoms with Crippen LogP contribution in [0, 0.1) is 51.8 Å². The smallest absolute Gasteiger partial charge is 0.248 e. The normalized spacial score (nSPS) is 31.1. The van der Waals surface area contributed by atoms with E-state index in [0.29, 0.717) is 25.7 Å². The number of alkyl halides is 2. The number of fused-ring (bicyclic) bond motifs is 3. The van der Waals surface area contributed by atoms with E-state index in [2.05, 4.69) is 0 Å². The topological polar surface area (TPSA) is 126 Å². The van der Waals surface area contributed by atoms with Gasteiger partial charge in [0.15, 0.2) is 11.6 Å². The van der Waals surface area contributed by atoms with E-state index in [1.807, 2.05) is 48.5 Å². The summed E-state index contributed by atoms with van der Waals surface area (Å²) in [6.07, 6.45) is 3.13. The summed E-state index contributed by atoms with van der Waals surface area (Å²) in [7, 11) is 0. The number of amides is 3. The maximum Gasteiger partial charge on any atom is 0.248 e. The van der Waals surface area contributed by atoms with Crippen molar-refractivity contribution in [1.82, 2.24) is 9.80 Å². The molecule has 0 unspecified atom stereocenters. The van der Waals surface area contributed by atoms with Crippen LogP contribution in [-0.2, 0) is 33.6 Å². The van der Waals surface area contributed by atoms with Gasteiger partial charge in [-0.05, 0) is 72.0 Å². The Hall–Kier alpha value is -2.85. The number of halogens is 2. The molecule has 5 aliphatic rings. The van der Waals surface area contributed by atoms with Crippen LogP contribution in [0.3, 0.4) is 0 Å². The zero-order chi connectivity index (χ0) is 40.0. The number of carbonyl (C=O) groups excluding carboxylic acids is 7. The number of likely N-dealkylation sites (tertiary alicyclic amines) is 1. The summed E-state index contributed by atoms with van der Waals surface area (Å²) < 4.78 is 30.7. The second-order valence-electron chi connectivity index (χ2n) is 20.2. The Morgan fingerprint density at radius 2 is 1.46 bits per heavy atom. The lowest BCUT2D eigenvalue weighted by atomic mass is 9.75. The lowest BCUT2D eigenvalue weighted by Gasteiger charge is -2.39. The molecule has 0 aromatic rings. The van der Waals surface area contributed by atoms with Crippen molar-refractivity contribution in [2.24, 2.45) is 51.8 Å². The highest BCUT2D eigenvalue weighted by molar-refractivity contribution is 6.38. The van der Waals surface area contributed by atoms with E-state index >= 15 is 8.78 Å². The zero-order valence-electron chi connectivity index (χ0n) is 33.8. The summed E-state index contributed by atoms with van der Waals surface area (Å²) in [5.74, 6) is -7.86. The molecule has 302 valence electrons. The first-order valence-electron chi connectivity index (χ1n) is 20.6. The van der Waals surface area contributed by atoms with Crippen LogP contribution >= 0.6 is 0 Å². The molecular formula is C43H64F2N2O7. The third-order valence-electron chi connectivity index (χ3n) is 13.6. The van der Waals surface area contributed by atoms with Crippen LogP contribution in [0.1, 0.15) is 151 Å². The van der Waals surface area contributed by atoms with Gasteiger partial charge < -0.3 is 4.90 Å². The lowest BCUT2D eigenvalue weighted by molar-refractivity contribution is -0.154. The van der Waals surface area contributed by atoms with Crippen molar-refractivity contribution in [2.75, 3.05) is 13.1 Å². The van der Waals surface area contributed by atoms with Gasteiger partial charge in [-0.2, -0.15) is 0 Å². The molecule has 6 atom stereocenters. The number of hydrogen-bond donors (Lipinski definition) is 0. The summed E-state index contributed by atoms with van der Waals surface area (Å²) in [6.45, 7) is 14.0. The summed E-state index contributed by atoms with van der Waals surface area (Å²) in [6, 6.07) is -0.847. The molecular weight excluding hydrogens is 694 g/mol. The Morgan fingerprint density at radius 1 is 0.833 bits per heavy atom. The lowest BCUT2D eigenvalue weighted by Crippen LogP contribution is -2.50. The highest BCUT2D eigenvalue weighted by Gasteiger charge is 2.69. The van der Waals surface area contributed by atoms with Crippen LogP contribution in [0.2, 0.25) is 0 Å². The molecule has 0 aromatic carbocycles. The average molecular weight is 759 g/mol. The molecule has 0 N–H and O–H groups in total. The molecule has 3 saturated heterocycles. The summed E-state index contributed by atoms with van der Waals surface area (Å²) in [4.78, 5) is 98.1. The van der Waals surface area contributed by atoms with E-state index in [4.69, 9.17) is 0 Å². The largest absolute Gasteiger partial charge is 0.332 e. The number of ketones is 4. The van der Waals surface area contributed by atoms with Crippen molar-refractivity contribution in [2.45, 2.75) is 163 Å². The number of piperidine rings is 2. The van der Waals surface area contributed by atoms with Gasteiger partial charge in [-0.25, -0.2) is 8.78 Å². The number of Topliss-reactive ketones (excluding diaryl/α,β-unsaturated/α-hetero) is 4. The summed E-state index contributed by atoms with van der Waals surface area (Å²) in [5, 5.41) is 0. The third kappa shape index (κ3) is 10.1. The Bertz CT molecular complexity index is 1490. The molecule has 0 aromatic heterocycles. The quantitative estimate of drug-likeness (QED) is 0.166. The van der Waals surface area contributed by atoms with Crippen molar-refractivity contribution < 1.29 is 42.3 Å². The maximum absolute atomic E-state index is 15.4. The highest BCUT2D eigenvalue weighted by Crippen LogP contribution is 2.65. The first kappa shape index (κ1) is 42.3. The number of rotatable bonds is 10. The minimum Gasteiger partial charge on any atom is -0.332 e. The molecule has 3 aliphatic heterocycles. The average Bonchev–Trinajstić information content (AvgIpc) is 3.90. The summed E-state index contributed by atoms with van der Waals surface area (Å²) >= 11 is 0. The molecule has 11 heteroatoms. The minimum absolute atomic E-state index is 0.0239. The van der Waals surface area contributed by atoms with E-state index in [1.165, 1.54) is 9.80 Å². The van der Waals surface area contributed by atoms with Gasteiger partial charge in [-0.3, -0.25) is 38.5 Å². The Labute approximate surface area is 320 Å². The predicted octanol–water partition coefficient (Wildman–Crippen LogP) is 7.56. The van der Waals surface area contributed by atoms with Gasteiger partial charge >= 0.3 is 0 Å². The fourth-order valence-corrected chi connectivity index (χ4v) is 9.58. The van der Waals surface area contributed by atoms with Crippen LogP contribution < -0.4 is 0 Å². The molecule has 2 aliphatic carbocycles. The Balaban J connectivity index is 1.38. The van der Waals surface area contributed by atoms with E-state index < -0.39 is 64.4 Å². The first-order valence-corrected chi connectivity index (χ1v) is 20.6. The van der Waals surface area contributed by atoms with Gasteiger partial charge in [0.2, 0.25) is 29.4 Å². The number of carbonyl (C=O) groups is 7. The first-order chi connectivity index (χ1) is 25.0. The predicted molar refractivity (Wildman–Crippen MR) is 199 cm³/mol. The Kier molecular flexibility index (Phi) is 12.5. The fraction of sp³-hybridized carbons (Fsp3) is 0.837. The van der Waals surface area contributed by atoms with Gasteiger partial charge in [0.05, 0.1) is 6.04 Å². The van der Waals surface area contributed by atoms with Crippen LogP contribution in [0.4, 0.5) is 8.78 Å². The second-order valence-corrected chi connectivity index (χ2v) is 20.2. The van der Waals surface area contributed by atoms with Crippen molar-refractivity contribution in [3.05, 3.63) is 0 Å². The number of imide groups is 1. The minimum atomic E-state index is -3.05. The molecule has 5 fully saturated rings. The number of nitrogens with zero attached hydrogens (tertiary/aromatic N) is 2. The van der Waals surface area contributed by atoms with Crippen molar-refractivity contribution in [3.63, 3.8) is 0 Å². The zero-order valence-corrected chi connectivity index (χ0v) is 33.8. The van der Waals surface area contributed by atoms with Crippen molar-refractivity contribution >= 4 is 40.9 Å². The molecule has 3 heterocycles. The standard InChI is InChI=1S/C43H64F2N2O7/c1-40(2,3)29(24-46-34(51)22-41(4,5)23-35(46)52)21-30(48)19-28-15-17-43(44,45)16-11-9-8-10-12-27(38(53)33(50)18-26-13-14-26)20-32(49)37-36-31(42(36,6)7)25-47(37)39(28)54/h26-29,31,36-37H,8-25H2,1-7H3/t27-,28-,29-,31+,36+,37-/m1/s1. The van der Waals surface area contributed by atoms with Gasteiger partial charge in [-0.15, -0.1) is 0 Å². The maximum atomic E-state index is 15.4. The third-order valence-corrected chi connectivity index (χ3v) is 13.6. The molecule has 2 saturated carbocycles. The van der Waals surface area contributed by atoms with Gasteiger partial charge in [0.25, 0.3) is 0 Å². The number of hydrogen-bond acceptors (Lipinski definition) is 7. The van der Waals surface area contributed by atoms with Crippen molar-refractivity contribution in [1.29, 1.82) is 0 Å². The van der Waals surface area contributed by atoms with E-state index in [1.54, 1.807) is 0 Å². The van der Waals surface area contributed by atoms with E-state index in [9.17, 15) is 33.6 Å². The SMILES string of the molecule is CC1(C)CC(=O)N(C[C@@H](CC(=O)C[C@H]2CCC(F)(F)CCCCCC[C@@H](C(=O)C(=O)CC3CC3)CC(=O)[C@@H]3[C@@H]4[C@H](CN3C2=O)C4(C)C)C(C)(C)C)C(=O)C1. The van der Waals surface area contributed by atoms with E-state index in [0.717, 1.165) is 12.8 Å². The molecule has 0 bridgehead atoms. The molecule has 3 amide bonds. The van der Waals surface area contributed by atoms with Gasteiger partial charge in [-0.1, -0.05) is 67.7 Å².